The Bertz CT molecular complexity index is 468. The molecule has 1 unspecified atom stereocenters. The number of nitrogens with one attached hydrogen (secondary N) is 1. The van der Waals surface area contributed by atoms with Crippen LogP contribution >= 0.6 is 0 Å². The average molecular weight is 272 g/mol. The molecule has 1 atom stereocenters. The first-order chi connectivity index (χ1) is 9.47. The van der Waals surface area contributed by atoms with Gasteiger partial charge in [-0.1, -0.05) is 18.2 Å². The van der Waals surface area contributed by atoms with Crippen LogP contribution in [0.1, 0.15) is 43.4 Å². The van der Waals surface area contributed by atoms with E-state index in [0.29, 0.717) is 6.04 Å². The third-order valence-electron chi connectivity index (χ3n) is 5.25. The number of hydrogen-bond acceptors (Lipinski definition) is 2. The lowest BCUT2D eigenvalue weighted by Crippen LogP contribution is -2.62. The molecule has 1 aromatic rings. The molecule has 20 heavy (non-hydrogen) atoms. The van der Waals surface area contributed by atoms with Crippen molar-refractivity contribution < 1.29 is 0 Å². The summed E-state index contributed by atoms with van der Waals surface area (Å²) in [6.45, 7) is 12.6. The molecule has 1 aliphatic heterocycles. The molecule has 1 aromatic carbocycles. The van der Waals surface area contributed by atoms with Crippen LogP contribution in [-0.4, -0.2) is 29.6 Å². The summed E-state index contributed by atoms with van der Waals surface area (Å²) < 4.78 is 0. The van der Waals surface area contributed by atoms with Crippen molar-refractivity contribution in [3.63, 3.8) is 0 Å². The molecular weight excluding hydrogens is 244 g/mol. The fourth-order valence-corrected chi connectivity index (χ4v) is 3.42. The van der Waals surface area contributed by atoms with Crippen molar-refractivity contribution in [2.45, 2.75) is 58.7 Å². The van der Waals surface area contributed by atoms with Crippen LogP contribution in [0.25, 0.3) is 0 Å². The quantitative estimate of drug-likeness (QED) is 0.908. The van der Waals surface area contributed by atoms with Crippen molar-refractivity contribution >= 4 is 0 Å². The molecule has 2 heteroatoms. The number of aryl methyl sites for hydroxylation is 2. The van der Waals surface area contributed by atoms with Gasteiger partial charge in [-0.3, -0.25) is 4.90 Å². The second kappa shape index (κ2) is 5.16. The van der Waals surface area contributed by atoms with E-state index in [0.717, 1.165) is 19.0 Å². The van der Waals surface area contributed by atoms with E-state index in [2.05, 4.69) is 56.1 Å². The first-order valence-corrected chi connectivity index (χ1v) is 8.01. The zero-order valence-corrected chi connectivity index (χ0v) is 13.4. The maximum atomic E-state index is 3.77. The Kier molecular flexibility index (Phi) is 3.64. The van der Waals surface area contributed by atoms with E-state index in [1.54, 1.807) is 0 Å². The van der Waals surface area contributed by atoms with Gasteiger partial charge in [0.25, 0.3) is 0 Å². The predicted octanol–water partition coefficient (Wildman–Crippen LogP) is 3.27. The topological polar surface area (TPSA) is 15.3 Å². The molecular formula is C18H28N2. The minimum Gasteiger partial charge on any atom is -0.311 e. The lowest BCUT2D eigenvalue weighted by molar-refractivity contribution is 0.0530. The van der Waals surface area contributed by atoms with Crippen molar-refractivity contribution in [1.82, 2.24) is 10.2 Å². The van der Waals surface area contributed by atoms with Gasteiger partial charge < -0.3 is 5.32 Å². The maximum Gasteiger partial charge on any atom is 0.0281 e. The van der Waals surface area contributed by atoms with E-state index in [1.807, 2.05) is 0 Å². The molecule has 2 fully saturated rings. The van der Waals surface area contributed by atoms with Gasteiger partial charge in [-0.05, 0) is 63.1 Å². The minimum absolute atomic E-state index is 0.250. The standard InChI is InChI=1S/C18H28N2/c1-13-6-5-7-14(2)16(13)10-20-11-17(15-8-9-15)19-12-18(20,3)4/h5-7,15,17,19H,8-12H2,1-4H3. The molecule has 1 saturated heterocycles. The molecule has 0 bridgehead atoms. The lowest BCUT2D eigenvalue weighted by Gasteiger charge is -2.46. The molecule has 2 nitrogen and oxygen atoms in total. The van der Waals surface area contributed by atoms with Gasteiger partial charge in [-0.2, -0.15) is 0 Å². The summed E-state index contributed by atoms with van der Waals surface area (Å²) in [5, 5.41) is 3.77. The van der Waals surface area contributed by atoms with E-state index >= 15 is 0 Å². The van der Waals surface area contributed by atoms with Gasteiger partial charge in [-0.25, -0.2) is 0 Å². The molecule has 0 spiro atoms. The van der Waals surface area contributed by atoms with Crippen molar-refractivity contribution in [1.29, 1.82) is 0 Å². The summed E-state index contributed by atoms with van der Waals surface area (Å²) in [6.07, 6.45) is 2.85. The SMILES string of the molecule is Cc1cccc(C)c1CN1CC(C2CC2)NCC1(C)C. The zero-order chi connectivity index (χ0) is 14.3. The fourth-order valence-electron chi connectivity index (χ4n) is 3.42. The van der Waals surface area contributed by atoms with Crippen molar-refractivity contribution in [3.05, 3.63) is 34.9 Å². The van der Waals surface area contributed by atoms with Gasteiger partial charge in [-0.15, -0.1) is 0 Å². The van der Waals surface area contributed by atoms with Gasteiger partial charge in [0.1, 0.15) is 0 Å². The minimum atomic E-state index is 0.250. The van der Waals surface area contributed by atoms with Crippen molar-refractivity contribution in [3.8, 4) is 0 Å². The van der Waals surface area contributed by atoms with Gasteiger partial charge in [0, 0.05) is 31.2 Å². The van der Waals surface area contributed by atoms with Gasteiger partial charge in [0.2, 0.25) is 0 Å². The lowest BCUT2D eigenvalue weighted by atomic mass is 9.93. The highest BCUT2D eigenvalue weighted by atomic mass is 15.3. The van der Waals surface area contributed by atoms with Gasteiger partial charge in [0.15, 0.2) is 0 Å². The summed E-state index contributed by atoms with van der Waals surface area (Å²) in [4.78, 5) is 2.70. The van der Waals surface area contributed by atoms with Crippen LogP contribution in [0.15, 0.2) is 18.2 Å². The number of hydrogen-bond donors (Lipinski definition) is 1. The van der Waals surface area contributed by atoms with Crippen LogP contribution in [0.4, 0.5) is 0 Å². The van der Waals surface area contributed by atoms with Crippen LogP contribution in [-0.2, 0) is 6.54 Å². The number of benzene rings is 1. The normalized spacial score (nSPS) is 26.7. The molecule has 0 amide bonds. The highest BCUT2D eigenvalue weighted by Crippen LogP contribution is 2.36. The molecule has 1 heterocycles. The molecule has 1 aliphatic carbocycles. The molecule has 0 aromatic heterocycles. The fraction of sp³-hybridized carbons (Fsp3) is 0.667. The number of nitrogens with zero attached hydrogens (tertiary/aromatic N) is 1. The summed E-state index contributed by atoms with van der Waals surface area (Å²) in [6, 6.07) is 7.38. The van der Waals surface area contributed by atoms with E-state index in [-0.39, 0.29) is 5.54 Å². The van der Waals surface area contributed by atoms with Gasteiger partial charge >= 0.3 is 0 Å². The summed E-state index contributed by atoms with van der Waals surface area (Å²) in [5.74, 6) is 0.937. The Morgan fingerprint density at radius 1 is 1.20 bits per heavy atom. The van der Waals surface area contributed by atoms with Crippen LogP contribution < -0.4 is 5.32 Å². The molecule has 1 N–H and O–H groups in total. The summed E-state index contributed by atoms with van der Waals surface area (Å²) in [7, 11) is 0. The van der Waals surface area contributed by atoms with Gasteiger partial charge in [0.05, 0.1) is 0 Å². The van der Waals surface area contributed by atoms with E-state index < -0.39 is 0 Å². The van der Waals surface area contributed by atoms with Crippen LogP contribution in [0, 0.1) is 19.8 Å². The third kappa shape index (κ3) is 2.77. The smallest absolute Gasteiger partial charge is 0.0281 e. The van der Waals surface area contributed by atoms with Crippen LogP contribution in [0.5, 0.6) is 0 Å². The first-order valence-electron chi connectivity index (χ1n) is 8.01. The second-order valence-corrected chi connectivity index (χ2v) is 7.39. The highest BCUT2D eigenvalue weighted by molar-refractivity contribution is 5.33. The molecule has 3 rings (SSSR count). The van der Waals surface area contributed by atoms with E-state index in [9.17, 15) is 0 Å². The van der Waals surface area contributed by atoms with E-state index in [1.165, 1.54) is 36.1 Å². The van der Waals surface area contributed by atoms with Crippen LogP contribution in [0.2, 0.25) is 0 Å². The molecule has 2 aliphatic rings. The van der Waals surface area contributed by atoms with Crippen molar-refractivity contribution in [2.75, 3.05) is 13.1 Å². The molecule has 110 valence electrons. The Hall–Kier alpha value is -0.860. The molecule has 0 radical (unpaired) electrons. The second-order valence-electron chi connectivity index (χ2n) is 7.39. The summed E-state index contributed by atoms with van der Waals surface area (Å²) >= 11 is 0. The van der Waals surface area contributed by atoms with Crippen molar-refractivity contribution in [2.24, 2.45) is 5.92 Å². The number of rotatable bonds is 3. The number of piperazine rings is 1. The Balaban J connectivity index is 1.79. The first kappa shape index (κ1) is 14.1. The molecule has 1 saturated carbocycles. The maximum absolute atomic E-state index is 3.77. The Morgan fingerprint density at radius 2 is 1.85 bits per heavy atom. The van der Waals surface area contributed by atoms with Crippen LogP contribution in [0.3, 0.4) is 0 Å². The Morgan fingerprint density at radius 3 is 2.45 bits per heavy atom. The monoisotopic (exact) mass is 272 g/mol. The average Bonchev–Trinajstić information content (AvgIpc) is 3.20. The highest BCUT2D eigenvalue weighted by Gasteiger charge is 2.40. The predicted molar refractivity (Wildman–Crippen MR) is 84.9 cm³/mol. The zero-order valence-electron chi connectivity index (χ0n) is 13.4. The Labute approximate surface area is 123 Å². The third-order valence-corrected chi connectivity index (χ3v) is 5.25. The van der Waals surface area contributed by atoms with E-state index in [4.69, 9.17) is 0 Å². The summed E-state index contributed by atoms with van der Waals surface area (Å²) in [5.41, 5.74) is 4.64. The largest absolute Gasteiger partial charge is 0.311 e.